The van der Waals surface area contributed by atoms with E-state index in [-0.39, 0.29) is 11.4 Å². The molecule has 100 valence electrons. The van der Waals surface area contributed by atoms with E-state index in [0.717, 1.165) is 20.3 Å². The average Bonchev–Trinajstić information content (AvgIpc) is 2.37. The van der Waals surface area contributed by atoms with Gasteiger partial charge >= 0.3 is 5.97 Å². The summed E-state index contributed by atoms with van der Waals surface area (Å²) in [5, 5.41) is 1.43. The second-order valence-corrected chi connectivity index (χ2v) is 5.72. The Labute approximate surface area is 119 Å². The first-order valence-electron chi connectivity index (χ1n) is 6.21. The summed E-state index contributed by atoms with van der Waals surface area (Å²) in [4.78, 5) is 23.6. The third kappa shape index (κ3) is 2.08. The second kappa shape index (κ2) is 4.72. The lowest BCUT2D eigenvalue weighted by Crippen LogP contribution is -2.05. The van der Waals surface area contributed by atoms with Gasteiger partial charge in [-0.2, -0.15) is 0 Å². The maximum atomic E-state index is 12.5. The lowest BCUT2D eigenvalue weighted by Gasteiger charge is -2.07. The van der Waals surface area contributed by atoms with Gasteiger partial charge in [0.05, 0.1) is 0 Å². The minimum Gasteiger partial charge on any atom is -0.427 e. The van der Waals surface area contributed by atoms with Crippen molar-refractivity contribution < 1.29 is 9.53 Å². The van der Waals surface area contributed by atoms with Crippen molar-refractivity contribution in [2.45, 2.75) is 13.8 Å². The Morgan fingerprint density at radius 1 is 1.15 bits per heavy atom. The minimum atomic E-state index is -0.364. The normalized spacial score (nSPS) is 10.9. The number of ether oxygens (including phenoxy) is 1. The predicted molar refractivity (Wildman–Crippen MR) is 81.6 cm³/mol. The minimum absolute atomic E-state index is 0.0289. The fourth-order valence-electron chi connectivity index (χ4n) is 2.32. The molecule has 0 saturated carbocycles. The molecule has 0 fully saturated rings. The van der Waals surface area contributed by atoms with Crippen LogP contribution in [0.4, 0.5) is 0 Å². The fraction of sp³-hybridized carbons (Fsp3) is 0.125. The lowest BCUT2D eigenvalue weighted by atomic mass is 10.1. The molecule has 0 aliphatic heterocycles. The Balaban J connectivity index is 2.39. The number of rotatable bonds is 1. The Hall–Kier alpha value is -2.20. The number of esters is 1. The summed E-state index contributed by atoms with van der Waals surface area (Å²) in [6.45, 7) is 3.22. The average molecular weight is 284 g/mol. The zero-order chi connectivity index (χ0) is 14.3. The molecule has 0 radical (unpaired) electrons. The molecule has 0 aliphatic rings. The largest absolute Gasteiger partial charge is 0.427 e. The van der Waals surface area contributed by atoms with E-state index in [9.17, 15) is 9.59 Å². The van der Waals surface area contributed by atoms with E-state index in [1.54, 1.807) is 12.1 Å². The number of aryl methyl sites for hydroxylation is 1. The summed E-state index contributed by atoms with van der Waals surface area (Å²) in [6.07, 6.45) is 0. The number of hydrogen-bond donors (Lipinski definition) is 0. The van der Waals surface area contributed by atoms with Crippen molar-refractivity contribution in [3.8, 4) is 5.75 Å². The molecular weight excluding hydrogens is 272 g/mol. The maximum Gasteiger partial charge on any atom is 0.308 e. The highest BCUT2D eigenvalue weighted by molar-refractivity contribution is 7.24. The lowest BCUT2D eigenvalue weighted by molar-refractivity contribution is -0.131. The van der Waals surface area contributed by atoms with E-state index in [0.29, 0.717) is 11.1 Å². The van der Waals surface area contributed by atoms with Crippen molar-refractivity contribution in [1.82, 2.24) is 0 Å². The van der Waals surface area contributed by atoms with E-state index in [1.165, 1.54) is 18.3 Å². The highest BCUT2D eigenvalue weighted by Gasteiger charge is 2.10. The summed E-state index contributed by atoms with van der Waals surface area (Å²) in [5.74, 6) is 0.116. The maximum absolute atomic E-state index is 12.5. The van der Waals surface area contributed by atoms with Crippen molar-refractivity contribution in [3.05, 3.63) is 52.2 Å². The number of carbonyl (C=O) groups excluding carboxylic acids is 1. The zero-order valence-electron chi connectivity index (χ0n) is 11.1. The van der Waals surface area contributed by atoms with Gasteiger partial charge in [0.25, 0.3) is 0 Å². The van der Waals surface area contributed by atoms with Gasteiger partial charge < -0.3 is 4.74 Å². The SMILES string of the molecule is CC(=O)Oc1cc(C)c2c(=O)c3ccccc3sc2c1. The highest BCUT2D eigenvalue weighted by Crippen LogP contribution is 2.30. The van der Waals surface area contributed by atoms with Crippen LogP contribution in [0.25, 0.3) is 20.2 Å². The van der Waals surface area contributed by atoms with Crippen molar-refractivity contribution in [1.29, 1.82) is 0 Å². The Morgan fingerprint density at radius 2 is 1.90 bits per heavy atom. The fourth-order valence-corrected chi connectivity index (χ4v) is 3.50. The van der Waals surface area contributed by atoms with Gasteiger partial charge in [-0.15, -0.1) is 11.3 Å². The van der Waals surface area contributed by atoms with Gasteiger partial charge in [-0.25, -0.2) is 0 Å². The van der Waals surface area contributed by atoms with Gasteiger partial charge in [0.2, 0.25) is 0 Å². The third-order valence-electron chi connectivity index (χ3n) is 3.11. The summed E-state index contributed by atoms with van der Waals surface area (Å²) in [6, 6.07) is 11.0. The van der Waals surface area contributed by atoms with Crippen LogP contribution in [-0.2, 0) is 4.79 Å². The second-order valence-electron chi connectivity index (χ2n) is 4.63. The zero-order valence-corrected chi connectivity index (χ0v) is 11.9. The predicted octanol–water partition coefficient (Wildman–Crippen LogP) is 3.65. The standard InChI is InChI=1S/C16H12O3S/c1-9-7-11(19-10(2)17)8-14-15(9)16(18)12-5-3-4-6-13(12)20-14/h3-8H,1-2H3. The molecule has 0 unspecified atom stereocenters. The number of benzene rings is 2. The van der Waals surface area contributed by atoms with E-state index < -0.39 is 0 Å². The van der Waals surface area contributed by atoms with Crippen LogP contribution in [0, 0.1) is 6.92 Å². The third-order valence-corrected chi connectivity index (χ3v) is 4.23. The smallest absolute Gasteiger partial charge is 0.308 e. The molecule has 1 aromatic heterocycles. The van der Waals surface area contributed by atoms with E-state index in [1.807, 2.05) is 31.2 Å². The van der Waals surface area contributed by atoms with Gasteiger partial charge in [-0.05, 0) is 36.8 Å². The molecule has 0 N–H and O–H groups in total. The Kier molecular flexibility index (Phi) is 3.03. The molecule has 3 rings (SSSR count). The van der Waals surface area contributed by atoms with Crippen LogP contribution in [-0.4, -0.2) is 5.97 Å². The van der Waals surface area contributed by atoms with Crippen LogP contribution in [0.15, 0.2) is 41.2 Å². The molecule has 0 atom stereocenters. The van der Waals surface area contributed by atoms with Gasteiger partial charge in [0.15, 0.2) is 5.43 Å². The van der Waals surface area contributed by atoms with Crippen LogP contribution >= 0.6 is 11.3 Å². The summed E-state index contributed by atoms with van der Waals surface area (Å²) in [5.41, 5.74) is 0.854. The molecule has 2 aromatic carbocycles. The Morgan fingerprint density at radius 3 is 2.65 bits per heavy atom. The van der Waals surface area contributed by atoms with Crippen molar-refractivity contribution >= 4 is 37.5 Å². The van der Waals surface area contributed by atoms with Crippen LogP contribution in [0.1, 0.15) is 12.5 Å². The number of hydrogen-bond acceptors (Lipinski definition) is 4. The molecule has 3 nitrogen and oxygen atoms in total. The molecule has 3 aromatic rings. The van der Waals surface area contributed by atoms with Gasteiger partial charge in [0, 0.05) is 27.1 Å². The molecule has 0 saturated heterocycles. The molecule has 20 heavy (non-hydrogen) atoms. The quantitative estimate of drug-likeness (QED) is 0.389. The molecule has 0 aliphatic carbocycles. The molecule has 0 bridgehead atoms. The van der Waals surface area contributed by atoms with Crippen molar-refractivity contribution in [2.24, 2.45) is 0 Å². The topological polar surface area (TPSA) is 43.4 Å². The summed E-state index contributed by atoms with van der Waals surface area (Å²) < 4.78 is 6.89. The first-order chi connectivity index (χ1) is 9.56. The van der Waals surface area contributed by atoms with Crippen LogP contribution < -0.4 is 10.2 Å². The molecule has 0 spiro atoms. The first kappa shape index (κ1) is 12.8. The molecule has 0 amide bonds. The number of fused-ring (bicyclic) bond motifs is 2. The first-order valence-corrected chi connectivity index (χ1v) is 7.02. The van der Waals surface area contributed by atoms with Crippen molar-refractivity contribution in [3.63, 3.8) is 0 Å². The molecule has 4 heteroatoms. The van der Waals surface area contributed by atoms with E-state index in [2.05, 4.69) is 0 Å². The van der Waals surface area contributed by atoms with Crippen LogP contribution in [0.3, 0.4) is 0 Å². The van der Waals surface area contributed by atoms with Crippen LogP contribution in [0.5, 0.6) is 5.75 Å². The van der Waals surface area contributed by atoms with Crippen LogP contribution in [0.2, 0.25) is 0 Å². The number of carbonyl (C=O) groups is 1. The van der Waals surface area contributed by atoms with Gasteiger partial charge in [-0.1, -0.05) is 12.1 Å². The van der Waals surface area contributed by atoms with Gasteiger partial charge in [-0.3, -0.25) is 9.59 Å². The highest BCUT2D eigenvalue weighted by atomic mass is 32.1. The molecular formula is C16H12O3S. The van der Waals surface area contributed by atoms with Crippen molar-refractivity contribution in [2.75, 3.05) is 0 Å². The summed E-state index contributed by atoms with van der Waals surface area (Å²) >= 11 is 1.53. The van der Waals surface area contributed by atoms with E-state index in [4.69, 9.17) is 4.74 Å². The monoisotopic (exact) mass is 284 g/mol. The summed E-state index contributed by atoms with van der Waals surface area (Å²) in [7, 11) is 0. The van der Waals surface area contributed by atoms with E-state index >= 15 is 0 Å². The molecule has 1 heterocycles. The van der Waals surface area contributed by atoms with Gasteiger partial charge in [0.1, 0.15) is 5.75 Å². The Bertz CT molecular complexity index is 893.